The van der Waals surface area contributed by atoms with Gasteiger partial charge in [0.25, 0.3) is 0 Å². The molecule has 0 bridgehead atoms. The van der Waals surface area contributed by atoms with Crippen LogP contribution in [0.4, 0.5) is 17.1 Å². The molecule has 3 heteroatoms. The second-order valence-electron chi connectivity index (χ2n) is 15.3. The Balaban J connectivity index is 0.999. The van der Waals surface area contributed by atoms with Crippen LogP contribution in [0.15, 0.2) is 221 Å². The highest BCUT2D eigenvalue weighted by atomic mass is 16.3. The molecule has 12 rings (SSSR count). The molecule has 0 unspecified atom stereocenters. The predicted octanol–water partition coefficient (Wildman–Crippen LogP) is 16.3. The van der Waals surface area contributed by atoms with Crippen molar-refractivity contribution in [3.63, 3.8) is 0 Å². The number of furan rings is 2. The van der Waals surface area contributed by atoms with E-state index in [1.165, 1.54) is 38.2 Å². The fraction of sp³-hybridized carbons (Fsp3) is 0. The smallest absolute Gasteiger partial charge is 0.137 e. The van der Waals surface area contributed by atoms with Gasteiger partial charge in [0.15, 0.2) is 0 Å². The van der Waals surface area contributed by atoms with E-state index in [1.807, 2.05) is 12.1 Å². The van der Waals surface area contributed by atoms with Crippen molar-refractivity contribution in [3.8, 4) is 33.4 Å². The molecule has 10 aromatic carbocycles. The van der Waals surface area contributed by atoms with Crippen LogP contribution in [-0.4, -0.2) is 0 Å². The maximum Gasteiger partial charge on any atom is 0.137 e. The van der Waals surface area contributed by atoms with Gasteiger partial charge in [-0.1, -0.05) is 152 Å². The summed E-state index contributed by atoms with van der Waals surface area (Å²) in [6, 6.07) is 75.8. The number of benzene rings is 10. The standard InChI is InChI=1S/C56H35NO2/c1-2-13-41-35-55-49(33-40(41)12-1)48-34-42(29-32-53(48)59-55)46-16-5-7-19-50(46)57(51-20-10-22-54-56(51)47-17-6-8-21-52(47)58-54)43-30-27-37(28-31-43)36-23-25-39(26-24-36)45-18-9-14-38-11-3-4-15-44(38)45/h1-35H. The summed E-state index contributed by atoms with van der Waals surface area (Å²) >= 11 is 0. The van der Waals surface area contributed by atoms with E-state index < -0.39 is 0 Å². The molecule has 0 spiro atoms. The molecule has 2 aromatic heterocycles. The molecule has 0 saturated carbocycles. The highest BCUT2D eigenvalue weighted by Crippen LogP contribution is 2.47. The molecule has 0 aliphatic rings. The van der Waals surface area contributed by atoms with E-state index in [0.717, 1.165) is 77.6 Å². The van der Waals surface area contributed by atoms with Crippen molar-refractivity contribution in [2.24, 2.45) is 0 Å². The number of para-hydroxylation sites is 2. The van der Waals surface area contributed by atoms with Crippen LogP contribution in [-0.2, 0) is 0 Å². The molecular formula is C56H35NO2. The molecule has 0 N–H and O–H groups in total. The molecule has 0 saturated heterocycles. The molecular weight excluding hydrogens is 719 g/mol. The molecule has 2 heterocycles. The Hall–Kier alpha value is -7.88. The highest BCUT2D eigenvalue weighted by Gasteiger charge is 2.22. The maximum absolute atomic E-state index is 6.45. The number of hydrogen-bond acceptors (Lipinski definition) is 3. The summed E-state index contributed by atoms with van der Waals surface area (Å²) < 4.78 is 12.9. The quantitative estimate of drug-likeness (QED) is 0.169. The number of fused-ring (bicyclic) bond motifs is 8. The zero-order valence-corrected chi connectivity index (χ0v) is 32.0. The minimum Gasteiger partial charge on any atom is -0.456 e. The van der Waals surface area contributed by atoms with Gasteiger partial charge in [-0.3, -0.25) is 0 Å². The first-order valence-corrected chi connectivity index (χ1v) is 20.1. The average Bonchev–Trinajstić information content (AvgIpc) is 3.86. The predicted molar refractivity (Wildman–Crippen MR) is 247 cm³/mol. The molecule has 12 aromatic rings. The minimum atomic E-state index is 0.854. The Morgan fingerprint density at radius 1 is 0.288 bits per heavy atom. The number of rotatable bonds is 6. The second-order valence-corrected chi connectivity index (χ2v) is 15.3. The molecule has 0 atom stereocenters. The largest absolute Gasteiger partial charge is 0.456 e. The van der Waals surface area contributed by atoms with Crippen LogP contribution in [0.5, 0.6) is 0 Å². The van der Waals surface area contributed by atoms with Gasteiger partial charge in [0, 0.05) is 27.4 Å². The molecule has 0 amide bonds. The van der Waals surface area contributed by atoms with Crippen molar-refractivity contribution in [1.29, 1.82) is 0 Å². The van der Waals surface area contributed by atoms with Crippen molar-refractivity contribution in [2.45, 2.75) is 0 Å². The van der Waals surface area contributed by atoms with E-state index in [2.05, 4.69) is 205 Å². The summed E-state index contributed by atoms with van der Waals surface area (Å²) in [4.78, 5) is 2.39. The van der Waals surface area contributed by atoms with Crippen molar-refractivity contribution in [3.05, 3.63) is 212 Å². The van der Waals surface area contributed by atoms with E-state index in [-0.39, 0.29) is 0 Å². The Bertz CT molecular complexity index is 3550. The second kappa shape index (κ2) is 13.4. The average molecular weight is 754 g/mol. The van der Waals surface area contributed by atoms with Crippen molar-refractivity contribution in [2.75, 3.05) is 4.90 Å². The fourth-order valence-corrected chi connectivity index (χ4v) is 9.02. The third kappa shape index (κ3) is 5.51. The first-order valence-electron chi connectivity index (χ1n) is 20.1. The van der Waals surface area contributed by atoms with Gasteiger partial charge in [0.05, 0.1) is 16.8 Å². The molecule has 0 aliphatic heterocycles. The van der Waals surface area contributed by atoms with E-state index in [0.29, 0.717) is 0 Å². The first kappa shape index (κ1) is 33.3. The summed E-state index contributed by atoms with van der Waals surface area (Å²) in [5.41, 5.74) is 13.7. The highest BCUT2D eigenvalue weighted by molar-refractivity contribution is 6.15. The zero-order valence-electron chi connectivity index (χ0n) is 32.0. The summed E-state index contributed by atoms with van der Waals surface area (Å²) in [7, 11) is 0. The lowest BCUT2D eigenvalue weighted by molar-refractivity contribution is 0.669. The number of nitrogens with zero attached hydrogens (tertiary/aromatic N) is 1. The molecule has 0 radical (unpaired) electrons. The Kier molecular flexibility index (Phi) is 7.54. The Labute approximate surface area is 340 Å². The number of hydrogen-bond donors (Lipinski definition) is 0. The molecule has 276 valence electrons. The van der Waals surface area contributed by atoms with Crippen LogP contribution in [0.1, 0.15) is 0 Å². The van der Waals surface area contributed by atoms with E-state index >= 15 is 0 Å². The van der Waals surface area contributed by atoms with Gasteiger partial charge >= 0.3 is 0 Å². The van der Waals surface area contributed by atoms with E-state index in [4.69, 9.17) is 8.83 Å². The lowest BCUT2D eigenvalue weighted by Crippen LogP contribution is -2.11. The van der Waals surface area contributed by atoms with Gasteiger partial charge < -0.3 is 13.7 Å². The van der Waals surface area contributed by atoms with Crippen molar-refractivity contribution >= 4 is 82.5 Å². The van der Waals surface area contributed by atoms with Crippen LogP contribution in [0.3, 0.4) is 0 Å². The van der Waals surface area contributed by atoms with Gasteiger partial charge in [-0.2, -0.15) is 0 Å². The SMILES string of the molecule is c1ccc(N(c2ccc(-c3ccc(-c4cccc5ccccc45)cc3)cc2)c2cccc3oc4ccccc4c23)c(-c2ccc3oc4cc5ccccc5cc4c3c2)c1. The number of anilines is 3. The normalized spacial score (nSPS) is 11.7. The maximum atomic E-state index is 6.45. The van der Waals surface area contributed by atoms with Gasteiger partial charge in [-0.25, -0.2) is 0 Å². The minimum absolute atomic E-state index is 0.854. The van der Waals surface area contributed by atoms with Gasteiger partial charge in [0.1, 0.15) is 22.3 Å². The molecule has 3 nitrogen and oxygen atoms in total. The van der Waals surface area contributed by atoms with Crippen LogP contribution >= 0.6 is 0 Å². The monoisotopic (exact) mass is 753 g/mol. The van der Waals surface area contributed by atoms with Crippen molar-refractivity contribution < 1.29 is 8.83 Å². The lowest BCUT2D eigenvalue weighted by Gasteiger charge is -2.28. The third-order valence-corrected chi connectivity index (χ3v) is 11.9. The van der Waals surface area contributed by atoms with Crippen LogP contribution in [0, 0.1) is 0 Å². The topological polar surface area (TPSA) is 29.5 Å². The van der Waals surface area contributed by atoms with Gasteiger partial charge in [0.2, 0.25) is 0 Å². The van der Waals surface area contributed by atoms with E-state index in [9.17, 15) is 0 Å². The summed E-state index contributed by atoms with van der Waals surface area (Å²) in [6.07, 6.45) is 0. The van der Waals surface area contributed by atoms with Crippen LogP contribution in [0.25, 0.3) is 98.8 Å². The summed E-state index contributed by atoms with van der Waals surface area (Å²) in [5.74, 6) is 0. The van der Waals surface area contributed by atoms with Crippen LogP contribution < -0.4 is 4.90 Å². The molecule has 0 fully saturated rings. The molecule has 59 heavy (non-hydrogen) atoms. The van der Waals surface area contributed by atoms with Crippen LogP contribution in [0.2, 0.25) is 0 Å². The van der Waals surface area contributed by atoms with Gasteiger partial charge in [-0.15, -0.1) is 0 Å². The Morgan fingerprint density at radius 2 is 0.831 bits per heavy atom. The first-order chi connectivity index (χ1) is 29.2. The Morgan fingerprint density at radius 3 is 1.68 bits per heavy atom. The zero-order chi connectivity index (χ0) is 38.9. The third-order valence-electron chi connectivity index (χ3n) is 11.9. The van der Waals surface area contributed by atoms with Gasteiger partial charge in [-0.05, 0) is 110 Å². The molecule has 0 aliphatic carbocycles. The summed E-state index contributed by atoms with van der Waals surface area (Å²) in [5, 5.41) is 9.26. The lowest BCUT2D eigenvalue weighted by atomic mass is 9.96. The van der Waals surface area contributed by atoms with E-state index in [1.54, 1.807) is 0 Å². The summed E-state index contributed by atoms with van der Waals surface area (Å²) in [6.45, 7) is 0. The van der Waals surface area contributed by atoms with Crippen molar-refractivity contribution in [1.82, 2.24) is 0 Å². The fourth-order valence-electron chi connectivity index (χ4n) is 9.02.